The number of hydrogen-bond donors (Lipinski definition) is 0. The zero-order valence-electron chi connectivity index (χ0n) is 15.1. The zero-order valence-corrected chi connectivity index (χ0v) is 16.7. The lowest BCUT2D eigenvalue weighted by Crippen LogP contribution is -1.97. The molecule has 0 unspecified atom stereocenters. The highest BCUT2D eigenvalue weighted by atomic mass is 79.9. The molecule has 0 amide bonds. The normalized spacial score (nSPS) is 11.0. The SMILES string of the molecule is Brc1ccc(-c2ccc3c(c2)nc(-c2ccccc2)n3-c2ccccc2)cc1. The summed E-state index contributed by atoms with van der Waals surface area (Å²) in [6.45, 7) is 0. The second-order valence-electron chi connectivity index (χ2n) is 6.68. The van der Waals surface area contributed by atoms with E-state index >= 15 is 0 Å². The number of para-hydroxylation sites is 1. The topological polar surface area (TPSA) is 17.8 Å². The summed E-state index contributed by atoms with van der Waals surface area (Å²) in [6, 6.07) is 35.6. The molecule has 2 nitrogen and oxygen atoms in total. The molecule has 0 aliphatic heterocycles. The molecule has 28 heavy (non-hydrogen) atoms. The molecule has 134 valence electrons. The van der Waals surface area contributed by atoms with E-state index in [-0.39, 0.29) is 0 Å². The Labute approximate surface area is 172 Å². The van der Waals surface area contributed by atoms with Crippen molar-refractivity contribution in [3.63, 3.8) is 0 Å². The van der Waals surface area contributed by atoms with Gasteiger partial charge in [-0.05, 0) is 47.5 Å². The molecule has 4 aromatic carbocycles. The molecule has 0 N–H and O–H groups in total. The van der Waals surface area contributed by atoms with Crippen LogP contribution in [0.2, 0.25) is 0 Å². The van der Waals surface area contributed by atoms with Gasteiger partial charge in [-0.15, -0.1) is 0 Å². The van der Waals surface area contributed by atoms with Gasteiger partial charge in [-0.3, -0.25) is 4.57 Å². The smallest absolute Gasteiger partial charge is 0.145 e. The van der Waals surface area contributed by atoms with Crippen LogP contribution in [0.15, 0.2) is 108 Å². The molecule has 5 aromatic rings. The Hall–Kier alpha value is -3.17. The van der Waals surface area contributed by atoms with E-state index in [9.17, 15) is 0 Å². The lowest BCUT2D eigenvalue weighted by Gasteiger charge is -2.09. The number of nitrogens with zero attached hydrogens (tertiary/aromatic N) is 2. The Bertz CT molecular complexity index is 1240. The fourth-order valence-electron chi connectivity index (χ4n) is 3.52. The molecule has 0 aliphatic carbocycles. The number of hydrogen-bond acceptors (Lipinski definition) is 1. The first-order chi connectivity index (χ1) is 13.8. The van der Waals surface area contributed by atoms with Gasteiger partial charge in [-0.2, -0.15) is 0 Å². The van der Waals surface area contributed by atoms with E-state index in [0.717, 1.165) is 38.1 Å². The first-order valence-electron chi connectivity index (χ1n) is 9.19. The van der Waals surface area contributed by atoms with Crippen LogP contribution < -0.4 is 0 Å². The van der Waals surface area contributed by atoms with E-state index in [2.05, 4.69) is 111 Å². The Kier molecular flexibility index (Phi) is 4.30. The van der Waals surface area contributed by atoms with E-state index in [1.165, 1.54) is 5.56 Å². The van der Waals surface area contributed by atoms with Gasteiger partial charge in [0, 0.05) is 15.7 Å². The standard InChI is InChI=1S/C25H17BrN2/c26-21-14-11-18(12-15-21)20-13-16-24-23(17-20)27-25(19-7-3-1-4-8-19)28(24)22-9-5-2-6-10-22/h1-17H. The third-order valence-corrected chi connectivity index (χ3v) is 5.41. The van der Waals surface area contributed by atoms with Crippen LogP contribution in [0.3, 0.4) is 0 Å². The lowest BCUT2D eigenvalue weighted by atomic mass is 10.1. The molecule has 0 saturated carbocycles. The Morgan fingerprint density at radius 3 is 1.96 bits per heavy atom. The predicted molar refractivity (Wildman–Crippen MR) is 120 cm³/mol. The van der Waals surface area contributed by atoms with Gasteiger partial charge in [0.1, 0.15) is 5.82 Å². The van der Waals surface area contributed by atoms with Crippen molar-refractivity contribution in [2.75, 3.05) is 0 Å². The summed E-state index contributed by atoms with van der Waals surface area (Å²) in [6.07, 6.45) is 0. The molecule has 0 atom stereocenters. The highest BCUT2D eigenvalue weighted by Gasteiger charge is 2.14. The summed E-state index contributed by atoms with van der Waals surface area (Å²) in [5, 5.41) is 0. The average Bonchev–Trinajstić information content (AvgIpc) is 3.14. The van der Waals surface area contributed by atoms with Crippen LogP contribution in [0.5, 0.6) is 0 Å². The van der Waals surface area contributed by atoms with Crippen LogP contribution in [-0.2, 0) is 0 Å². The Balaban J connectivity index is 1.75. The van der Waals surface area contributed by atoms with Crippen molar-refractivity contribution in [1.29, 1.82) is 0 Å². The second-order valence-corrected chi connectivity index (χ2v) is 7.60. The van der Waals surface area contributed by atoms with E-state index in [4.69, 9.17) is 4.98 Å². The summed E-state index contributed by atoms with van der Waals surface area (Å²) in [4.78, 5) is 5.02. The molecule has 5 rings (SSSR count). The van der Waals surface area contributed by atoms with Gasteiger partial charge in [0.15, 0.2) is 0 Å². The molecular formula is C25H17BrN2. The minimum absolute atomic E-state index is 0.953. The fourth-order valence-corrected chi connectivity index (χ4v) is 3.79. The zero-order chi connectivity index (χ0) is 18.9. The molecule has 1 aromatic heterocycles. The Morgan fingerprint density at radius 1 is 0.607 bits per heavy atom. The molecule has 0 bridgehead atoms. The van der Waals surface area contributed by atoms with Crippen LogP contribution in [0.25, 0.3) is 39.2 Å². The maximum Gasteiger partial charge on any atom is 0.145 e. The quantitative estimate of drug-likeness (QED) is 0.301. The van der Waals surface area contributed by atoms with Gasteiger partial charge >= 0.3 is 0 Å². The van der Waals surface area contributed by atoms with Crippen molar-refractivity contribution in [1.82, 2.24) is 9.55 Å². The lowest BCUT2D eigenvalue weighted by molar-refractivity contribution is 1.10. The van der Waals surface area contributed by atoms with Crippen LogP contribution in [0.1, 0.15) is 0 Å². The molecule has 0 fully saturated rings. The van der Waals surface area contributed by atoms with E-state index in [0.29, 0.717) is 0 Å². The third kappa shape index (κ3) is 3.04. The Morgan fingerprint density at radius 2 is 1.25 bits per heavy atom. The maximum absolute atomic E-state index is 5.02. The van der Waals surface area contributed by atoms with Crippen molar-refractivity contribution in [2.24, 2.45) is 0 Å². The van der Waals surface area contributed by atoms with Crippen LogP contribution in [0, 0.1) is 0 Å². The monoisotopic (exact) mass is 424 g/mol. The molecule has 0 spiro atoms. The first kappa shape index (κ1) is 17.0. The average molecular weight is 425 g/mol. The number of aromatic nitrogens is 2. The van der Waals surface area contributed by atoms with Gasteiger partial charge in [0.25, 0.3) is 0 Å². The fraction of sp³-hybridized carbons (Fsp3) is 0. The highest BCUT2D eigenvalue weighted by molar-refractivity contribution is 9.10. The summed E-state index contributed by atoms with van der Waals surface area (Å²) < 4.78 is 3.31. The summed E-state index contributed by atoms with van der Waals surface area (Å²) >= 11 is 3.51. The minimum atomic E-state index is 0.953. The van der Waals surface area contributed by atoms with Crippen molar-refractivity contribution in [2.45, 2.75) is 0 Å². The molecule has 1 heterocycles. The molecule has 0 saturated heterocycles. The highest BCUT2D eigenvalue weighted by Crippen LogP contribution is 2.31. The number of halogens is 1. The van der Waals surface area contributed by atoms with Crippen molar-refractivity contribution < 1.29 is 0 Å². The number of imidazole rings is 1. The van der Waals surface area contributed by atoms with Crippen molar-refractivity contribution in [3.8, 4) is 28.2 Å². The van der Waals surface area contributed by atoms with Gasteiger partial charge in [-0.25, -0.2) is 4.98 Å². The van der Waals surface area contributed by atoms with Crippen LogP contribution >= 0.6 is 15.9 Å². The largest absolute Gasteiger partial charge is 0.292 e. The van der Waals surface area contributed by atoms with Gasteiger partial charge < -0.3 is 0 Å². The second kappa shape index (κ2) is 7.10. The molecule has 3 heteroatoms. The van der Waals surface area contributed by atoms with Crippen molar-refractivity contribution >= 4 is 27.0 Å². The maximum atomic E-state index is 5.02. The van der Waals surface area contributed by atoms with E-state index in [1.54, 1.807) is 0 Å². The number of fused-ring (bicyclic) bond motifs is 1. The molecule has 0 radical (unpaired) electrons. The minimum Gasteiger partial charge on any atom is -0.292 e. The van der Waals surface area contributed by atoms with E-state index in [1.807, 2.05) is 12.1 Å². The van der Waals surface area contributed by atoms with Crippen LogP contribution in [-0.4, -0.2) is 9.55 Å². The molecule has 0 aliphatic rings. The van der Waals surface area contributed by atoms with Crippen molar-refractivity contribution in [3.05, 3.63) is 108 Å². The third-order valence-electron chi connectivity index (χ3n) is 4.88. The van der Waals surface area contributed by atoms with Crippen LogP contribution in [0.4, 0.5) is 0 Å². The van der Waals surface area contributed by atoms with E-state index < -0.39 is 0 Å². The summed E-state index contributed by atoms with van der Waals surface area (Å²) in [5.74, 6) is 0.953. The molecular weight excluding hydrogens is 408 g/mol. The van der Waals surface area contributed by atoms with Gasteiger partial charge in [-0.1, -0.05) is 82.7 Å². The predicted octanol–water partition coefficient (Wildman–Crippen LogP) is 7.12. The number of rotatable bonds is 3. The summed E-state index contributed by atoms with van der Waals surface area (Å²) in [7, 11) is 0. The number of benzene rings is 4. The van der Waals surface area contributed by atoms with Gasteiger partial charge in [0.2, 0.25) is 0 Å². The summed E-state index contributed by atoms with van der Waals surface area (Å²) in [5.41, 5.74) is 6.65. The van der Waals surface area contributed by atoms with Gasteiger partial charge in [0.05, 0.1) is 11.0 Å². The first-order valence-corrected chi connectivity index (χ1v) is 9.98.